The first kappa shape index (κ1) is 10.8. The average molecular weight is 219 g/mol. The van der Waals surface area contributed by atoms with Crippen LogP contribution in [0.15, 0.2) is 30.3 Å². The van der Waals surface area contributed by atoms with Crippen molar-refractivity contribution in [1.29, 1.82) is 0 Å². The van der Waals surface area contributed by atoms with E-state index in [1.807, 2.05) is 30.3 Å². The van der Waals surface area contributed by atoms with E-state index in [0.29, 0.717) is 13.1 Å². The molecule has 1 aliphatic rings. The Morgan fingerprint density at radius 3 is 2.50 bits per heavy atom. The summed E-state index contributed by atoms with van der Waals surface area (Å²) in [5, 5.41) is 11.8. The van der Waals surface area contributed by atoms with Gasteiger partial charge in [-0.1, -0.05) is 30.3 Å². The summed E-state index contributed by atoms with van der Waals surface area (Å²) in [6, 6.07) is 9.56. The van der Waals surface area contributed by atoms with Gasteiger partial charge in [-0.25, -0.2) is 4.79 Å². The van der Waals surface area contributed by atoms with Gasteiger partial charge in [0.25, 0.3) is 0 Å². The number of aliphatic carboxylic acids is 1. The maximum atomic E-state index is 11.5. The topological polar surface area (TPSA) is 66.4 Å². The second-order valence-corrected chi connectivity index (χ2v) is 3.95. The lowest BCUT2D eigenvalue weighted by molar-refractivity contribution is -0.151. The van der Waals surface area contributed by atoms with Crippen LogP contribution in [0.1, 0.15) is 11.5 Å². The van der Waals surface area contributed by atoms with E-state index in [9.17, 15) is 9.59 Å². The smallest absolute Gasteiger partial charge is 0.372 e. The lowest BCUT2D eigenvalue weighted by Crippen LogP contribution is -2.28. The number of carbonyl (C=O) groups excluding carboxylic acids is 1. The Balaban J connectivity index is 2.22. The third-order valence-electron chi connectivity index (χ3n) is 2.99. The first-order valence-corrected chi connectivity index (χ1v) is 5.23. The molecule has 2 rings (SSSR count). The van der Waals surface area contributed by atoms with Crippen molar-refractivity contribution in [2.45, 2.75) is 5.92 Å². The van der Waals surface area contributed by atoms with Crippen molar-refractivity contribution in [3.05, 3.63) is 35.9 Å². The van der Waals surface area contributed by atoms with Gasteiger partial charge in [0.15, 0.2) is 0 Å². The molecule has 1 fully saturated rings. The Labute approximate surface area is 93.3 Å². The van der Waals surface area contributed by atoms with E-state index in [0.717, 1.165) is 5.56 Å². The molecule has 4 heteroatoms. The number of ketones is 1. The number of hydrogen-bond donors (Lipinski definition) is 2. The maximum Gasteiger partial charge on any atom is 0.372 e. The zero-order chi connectivity index (χ0) is 11.5. The highest BCUT2D eigenvalue weighted by atomic mass is 16.4. The van der Waals surface area contributed by atoms with Gasteiger partial charge >= 0.3 is 5.97 Å². The van der Waals surface area contributed by atoms with Gasteiger partial charge in [0.05, 0.1) is 0 Å². The lowest BCUT2D eigenvalue weighted by atomic mass is 9.86. The molecule has 0 aliphatic carbocycles. The molecule has 0 unspecified atom stereocenters. The summed E-state index contributed by atoms with van der Waals surface area (Å²) >= 11 is 0. The van der Waals surface area contributed by atoms with Gasteiger partial charge in [-0.3, -0.25) is 4.79 Å². The van der Waals surface area contributed by atoms with Crippen molar-refractivity contribution < 1.29 is 14.7 Å². The van der Waals surface area contributed by atoms with Crippen LogP contribution in [0.4, 0.5) is 0 Å². The number of hydrogen-bond acceptors (Lipinski definition) is 3. The van der Waals surface area contributed by atoms with Crippen LogP contribution in [-0.4, -0.2) is 29.9 Å². The summed E-state index contributed by atoms with van der Waals surface area (Å²) < 4.78 is 0. The van der Waals surface area contributed by atoms with Crippen LogP contribution in [0.25, 0.3) is 0 Å². The van der Waals surface area contributed by atoms with E-state index in [4.69, 9.17) is 5.11 Å². The predicted octanol–water partition coefficient (Wildman–Crippen LogP) is 0.643. The molecule has 1 heterocycles. The van der Waals surface area contributed by atoms with Crippen LogP contribution in [0, 0.1) is 5.92 Å². The first-order valence-electron chi connectivity index (χ1n) is 5.23. The Morgan fingerprint density at radius 1 is 1.19 bits per heavy atom. The molecule has 84 valence electrons. The van der Waals surface area contributed by atoms with Crippen molar-refractivity contribution in [3.8, 4) is 0 Å². The number of carboxylic acids is 1. The standard InChI is InChI=1S/C12H13NO3/c14-11(12(15)16)10-7-13-6-9(10)8-4-2-1-3-5-8/h1-5,9-10,13H,6-7H2,(H,15,16)/t9-,10+/m1/s1. The van der Waals surface area contributed by atoms with Gasteiger partial charge in [0, 0.05) is 24.9 Å². The van der Waals surface area contributed by atoms with Crippen molar-refractivity contribution in [2.75, 3.05) is 13.1 Å². The fourth-order valence-electron chi connectivity index (χ4n) is 2.16. The molecule has 4 nitrogen and oxygen atoms in total. The highest BCUT2D eigenvalue weighted by Crippen LogP contribution is 2.28. The molecule has 0 amide bonds. The highest BCUT2D eigenvalue weighted by molar-refractivity contribution is 6.33. The summed E-state index contributed by atoms with van der Waals surface area (Å²) in [5.74, 6) is -2.50. The van der Waals surface area contributed by atoms with Crippen LogP contribution >= 0.6 is 0 Å². The minimum Gasteiger partial charge on any atom is -0.475 e. The Kier molecular flexibility index (Phi) is 3.01. The Bertz CT molecular complexity index is 402. The number of nitrogens with one attached hydrogen (secondary N) is 1. The second kappa shape index (κ2) is 4.45. The van der Waals surface area contributed by atoms with E-state index in [1.165, 1.54) is 0 Å². The van der Waals surface area contributed by atoms with E-state index in [2.05, 4.69) is 5.32 Å². The largest absolute Gasteiger partial charge is 0.475 e. The van der Waals surface area contributed by atoms with Crippen LogP contribution in [0.2, 0.25) is 0 Å². The third kappa shape index (κ3) is 1.97. The van der Waals surface area contributed by atoms with Crippen molar-refractivity contribution in [1.82, 2.24) is 5.32 Å². The fourth-order valence-corrected chi connectivity index (χ4v) is 2.16. The molecule has 2 N–H and O–H groups in total. The summed E-state index contributed by atoms with van der Waals surface area (Å²) in [4.78, 5) is 22.2. The summed E-state index contributed by atoms with van der Waals surface area (Å²) in [5.41, 5.74) is 1.02. The van der Waals surface area contributed by atoms with E-state index < -0.39 is 17.7 Å². The van der Waals surface area contributed by atoms with Crippen molar-refractivity contribution in [3.63, 3.8) is 0 Å². The zero-order valence-electron chi connectivity index (χ0n) is 8.72. The van der Waals surface area contributed by atoms with E-state index in [-0.39, 0.29) is 5.92 Å². The van der Waals surface area contributed by atoms with E-state index in [1.54, 1.807) is 0 Å². The molecule has 0 bridgehead atoms. The molecule has 0 spiro atoms. The molecule has 16 heavy (non-hydrogen) atoms. The summed E-state index contributed by atoms with van der Waals surface area (Å²) in [6.45, 7) is 1.11. The number of benzene rings is 1. The molecule has 2 atom stereocenters. The number of carbonyl (C=O) groups is 2. The number of carboxylic acid groups (broad SMARTS) is 1. The van der Waals surface area contributed by atoms with Crippen molar-refractivity contribution >= 4 is 11.8 Å². The third-order valence-corrected chi connectivity index (χ3v) is 2.99. The monoisotopic (exact) mass is 219 g/mol. The average Bonchev–Trinajstić information content (AvgIpc) is 2.77. The molecule has 0 saturated carbocycles. The van der Waals surface area contributed by atoms with Crippen LogP contribution in [0.5, 0.6) is 0 Å². The lowest BCUT2D eigenvalue weighted by Gasteiger charge is -2.15. The van der Waals surface area contributed by atoms with Crippen molar-refractivity contribution in [2.24, 2.45) is 5.92 Å². The summed E-state index contributed by atoms with van der Waals surface area (Å²) in [7, 11) is 0. The van der Waals surface area contributed by atoms with E-state index >= 15 is 0 Å². The number of rotatable bonds is 3. The maximum absolute atomic E-state index is 11.5. The normalized spacial score (nSPS) is 24.2. The molecule has 1 aromatic rings. The van der Waals surface area contributed by atoms with Gasteiger partial charge in [0.2, 0.25) is 5.78 Å². The van der Waals surface area contributed by atoms with Gasteiger partial charge < -0.3 is 10.4 Å². The Hall–Kier alpha value is -1.68. The van der Waals surface area contributed by atoms with Crippen LogP contribution < -0.4 is 5.32 Å². The molecular formula is C12H13NO3. The van der Waals surface area contributed by atoms with Gasteiger partial charge in [0.1, 0.15) is 0 Å². The van der Waals surface area contributed by atoms with Gasteiger partial charge in [-0.05, 0) is 5.56 Å². The first-order chi connectivity index (χ1) is 7.70. The highest BCUT2D eigenvalue weighted by Gasteiger charge is 2.36. The van der Waals surface area contributed by atoms with Crippen LogP contribution in [0.3, 0.4) is 0 Å². The minimum atomic E-state index is -1.34. The number of Topliss-reactive ketones (excluding diaryl/α,β-unsaturated/α-hetero) is 1. The second-order valence-electron chi connectivity index (χ2n) is 3.95. The molecule has 0 radical (unpaired) electrons. The fraction of sp³-hybridized carbons (Fsp3) is 0.333. The molecule has 1 aliphatic heterocycles. The Morgan fingerprint density at radius 2 is 1.88 bits per heavy atom. The summed E-state index contributed by atoms with van der Waals surface area (Å²) in [6.07, 6.45) is 0. The molecule has 1 aromatic carbocycles. The van der Waals surface area contributed by atoms with Gasteiger partial charge in [-0.2, -0.15) is 0 Å². The quantitative estimate of drug-likeness (QED) is 0.732. The SMILES string of the molecule is O=C(O)C(=O)[C@H]1CNC[C@@H]1c1ccccc1. The molecule has 0 aromatic heterocycles. The predicted molar refractivity (Wildman–Crippen MR) is 58.2 cm³/mol. The molecular weight excluding hydrogens is 206 g/mol. The van der Waals surface area contributed by atoms with Crippen LogP contribution in [-0.2, 0) is 9.59 Å². The van der Waals surface area contributed by atoms with Gasteiger partial charge in [-0.15, -0.1) is 0 Å². The molecule has 1 saturated heterocycles. The zero-order valence-corrected chi connectivity index (χ0v) is 8.72. The minimum absolute atomic E-state index is 0.0233.